The minimum Gasteiger partial charge on any atom is -0.507 e. The van der Waals surface area contributed by atoms with Gasteiger partial charge in [0.25, 0.3) is 0 Å². The first-order valence-electron chi connectivity index (χ1n) is 23.2. The number of phenols is 2. The van der Waals surface area contributed by atoms with Gasteiger partial charge in [-0.15, -0.1) is 0 Å². The maximum atomic E-state index is 14.1. The molecule has 0 aromatic heterocycles. The smallest absolute Gasteiger partial charge is 0.334 e. The van der Waals surface area contributed by atoms with Gasteiger partial charge in [-0.05, 0) is 45.1 Å². The van der Waals surface area contributed by atoms with Crippen LogP contribution in [0.1, 0.15) is 135 Å². The van der Waals surface area contributed by atoms with Crippen molar-refractivity contribution in [2.75, 3.05) is 19.8 Å². The van der Waals surface area contributed by atoms with Crippen LogP contribution in [0.4, 0.5) is 0 Å². The lowest BCUT2D eigenvalue weighted by Crippen LogP contribution is -2.58. The fraction of sp³-hybridized carbons (Fsp3) is 0.574. The number of nitrogens with one attached hydrogen (secondary N) is 3. The summed E-state index contributed by atoms with van der Waals surface area (Å²) in [6, 6.07) is -0.0895. The number of ketones is 4. The number of nitrogens with zero attached hydrogens (tertiary/aromatic N) is 1. The van der Waals surface area contributed by atoms with Gasteiger partial charge in [0.15, 0.2) is 23.6 Å². The first kappa shape index (κ1) is 53.7. The lowest BCUT2D eigenvalue weighted by atomic mass is 9.71. The van der Waals surface area contributed by atoms with Gasteiger partial charge in [0.1, 0.15) is 47.2 Å². The molecule has 9 unspecified atom stereocenters. The van der Waals surface area contributed by atoms with E-state index in [1.807, 2.05) is 0 Å². The number of amides is 4. The lowest BCUT2D eigenvalue weighted by Gasteiger charge is -2.43. The van der Waals surface area contributed by atoms with Gasteiger partial charge in [-0.2, -0.15) is 0 Å². The number of benzene rings is 2. The van der Waals surface area contributed by atoms with Crippen LogP contribution in [-0.4, -0.2) is 150 Å². The van der Waals surface area contributed by atoms with Crippen LogP contribution in [0.3, 0.4) is 0 Å². The van der Waals surface area contributed by atoms with Crippen LogP contribution in [0, 0.1) is 5.92 Å². The maximum Gasteiger partial charge on any atom is 0.334 e. The van der Waals surface area contributed by atoms with Crippen molar-refractivity contribution in [3.63, 3.8) is 0 Å². The molecule has 9 atom stereocenters. The molecule has 22 nitrogen and oxygen atoms in total. The van der Waals surface area contributed by atoms with E-state index in [1.54, 1.807) is 13.8 Å². The van der Waals surface area contributed by atoms with E-state index >= 15 is 0 Å². The van der Waals surface area contributed by atoms with Gasteiger partial charge in [0.05, 0.1) is 48.1 Å². The third kappa shape index (κ3) is 11.3. The molecule has 2 aliphatic heterocycles. The molecular formula is C47H61N4O18P. The van der Waals surface area contributed by atoms with Crippen molar-refractivity contribution >= 4 is 54.4 Å². The number of aliphatic hydroxyl groups excluding tert-OH is 1. The van der Waals surface area contributed by atoms with Crippen LogP contribution in [0.15, 0.2) is 18.2 Å². The average Bonchev–Trinajstić information content (AvgIpc) is 3.79. The van der Waals surface area contributed by atoms with Crippen LogP contribution in [0.5, 0.6) is 17.2 Å². The minimum absolute atomic E-state index is 0.0436. The topological polar surface area (TPSA) is 342 Å². The van der Waals surface area contributed by atoms with Crippen molar-refractivity contribution in [3.8, 4) is 17.2 Å². The average molecular weight is 1000 g/mol. The molecule has 0 spiro atoms. The highest BCUT2D eigenvalue weighted by Gasteiger charge is 2.50. The van der Waals surface area contributed by atoms with E-state index in [2.05, 4.69) is 16.0 Å². The maximum absolute atomic E-state index is 14.1. The summed E-state index contributed by atoms with van der Waals surface area (Å²) < 4.78 is 28.9. The summed E-state index contributed by atoms with van der Waals surface area (Å²) >= 11 is 0. The van der Waals surface area contributed by atoms with Crippen molar-refractivity contribution in [1.82, 2.24) is 20.9 Å². The Bertz CT molecular complexity index is 2510. The number of hydrogen-bond acceptors (Lipinski definition) is 16. The van der Waals surface area contributed by atoms with E-state index in [-0.39, 0.29) is 79.0 Å². The van der Waals surface area contributed by atoms with Crippen LogP contribution in [0.25, 0.3) is 0 Å². The molecule has 382 valence electrons. The second-order valence-electron chi connectivity index (χ2n) is 18.8. The molecule has 2 heterocycles. The number of likely N-dealkylation sites (tertiary alicyclic amines) is 1. The van der Waals surface area contributed by atoms with Crippen molar-refractivity contribution in [2.45, 2.75) is 147 Å². The summed E-state index contributed by atoms with van der Waals surface area (Å²) in [5, 5.41) is 54.3. The molecule has 23 heteroatoms. The lowest BCUT2D eigenvalue weighted by molar-refractivity contribution is -0.249. The van der Waals surface area contributed by atoms with Crippen molar-refractivity contribution in [2.24, 2.45) is 5.92 Å². The first-order valence-corrected chi connectivity index (χ1v) is 25.0. The molecule has 2 aromatic rings. The largest absolute Gasteiger partial charge is 0.507 e. The molecule has 9 N–H and O–H groups in total. The molecule has 2 saturated heterocycles. The Morgan fingerprint density at radius 3 is 2.31 bits per heavy atom. The van der Waals surface area contributed by atoms with Gasteiger partial charge >= 0.3 is 7.60 Å². The highest BCUT2D eigenvalue weighted by Crippen LogP contribution is 2.53. The summed E-state index contributed by atoms with van der Waals surface area (Å²) in [6.45, 7) is 8.08. The Labute approximate surface area is 403 Å². The summed E-state index contributed by atoms with van der Waals surface area (Å²) in [4.78, 5) is 127. The van der Waals surface area contributed by atoms with E-state index < -0.39 is 150 Å². The quantitative estimate of drug-likeness (QED) is 0.0637. The number of fused-ring (bicyclic) bond motifs is 3. The summed E-state index contributed by atoms with van der Waals surface area (Å²) in [5.41, 5.74) is -3.85. The normalized spacial score (nSPS) is 25.0. The van der Waals surface area contributed by atoms with E-state index in [0.717, 1.165) is 0 Å². The predicted octanol–water partition coefficient (Wildman–Crippen LogP) is 1.13. The van der Waals surface area contributed by atoms with Crippen LogP contribution in [-0.2, 0) is 49.2 Å². The fourth-order valence-electron chi connectivity index (χ4n) is 9.78. The second kappa shape index (κ2) is 21.4. The monoisotopic (exact) mass is 1000 g/mol. The number of methoxy groups -OCH3 is 1. The van der Waals surface area contributed by atoms with E-state index in [9.17, 15) is 63.3 Å². The van der Waals surface area contributed by atoms with Crippen molar-refractivity contribution in [1.29, 1.82) is 0 Å². The summed E-state index contributed by atoms with van der Waals surface area (Å²) in [6.07, 6.45) is -7.44. The molecule has 4 amide bonds. The van der Waals surface area contributed by atoms with Crippen LogP contribution >= 0.6 is 7.60 Å². The number of phenolic OH excluding ortho intramolecular Hbond substituents is 2. The number of carbonyl (C=O) groups is 8. The zero-order valence-corrected chi connectivity index (χ0v) is 40.6. The Kier molecular flexibility index (Phi) is 16.4. The Hall–Kier alpha value is -5.61. The van der Waals surface area contributed by atoms with E-state index in [1.165, 1.54) is 51.0 Å². The SMILES string of the molecule is CCC(=O)C1(O)Cc2c(O)c3c(c(O)c2C(OC2CC(NC(=O)C4CCCN4C(=O)CCC(=O)C(CC(C)C)NC(=O)C(C)NC(=O)CP(=O)(O)O)C(O)C(C)O2)C1)C(=O)c1c(OC)cccc1C3=O. The third-order valence-electron chi connectivity index (χ3n) is 13.3. The molecule has 0 radical (unpaired) electrons. The molecule has 0 saturated carbocycles. The van der Waals surface area contributed by atoms with Gasteiger partial charge in [0.2, 0.25) is 29.4 Å². The Morgan fingerprint density at radius 2 is 1.67 bits per heavy atom. The number of Topliss-reactive ketones (excluding diaryl/α,β-unsaturated/α-hetero) is 2. The predicted molar refractivity (Wildman–Crippen MR) is 244 cm³/mol. The number of hydrogen-bond donors (Lipinski definition) is 9. The number of ether oxygens (including phenoxy) is 3. The van der Waals surface area contributed by atoms with E-state index in [4.69, 9.17) is 24.0 Å². The molecule has 70 heavy (non-hydrogen) atoms. The Morgan fingerprint density at radius 1 is 0.986 bits per heavy atom. The molecule has 2 aromatic carbocycles. The van der Waals surface area contributed by atoms with Gasteiger partial charge in [-0.25, -0.2) is 0 Å². The minimum atomic E-state index is -4.69. The number of carbonyl (C=O) groups excluding carboxylic acids is 8. The highest BCUT2D eigenvalue weighted by molar-refractivity contribution is 7.52. The standard InChI is InChI=1S/C47H61N4O18P/c1-7-32(53)47(63)18-25-37(44(60)39-38(42(25)58)41(57)24-10-8-12-30(67-6)36(24)43(39)59)31(19-47)69-35-17-27(40(56)23(5)68-35)50-46(62)28-11-9-15-51(28)34(55)14-13-29(52)26(16-21(2)3)49-45(61)22(4)48-33(54)20-70(64,65)66/h8,10,12,21-23,26-28,31,35,40,56,58,60,63H,7,9,11,13-20H2,1-6H3,(H,48,54)(H,49,61)(H,50,62)(H2,64,65,66). The summed E-state index contributed by atoms with van der Waals surface area (Å²) in [7, 11) is -3.40. The van der Waals surface area contributed by atoms with Gasteiger partial charge in [-0.1, -0.05) is 32.9 Å². The molecule has 0 bridgehead atoms. The number of aromatic hydroxyl groups is 2. The second-order valence-corrected chi connectivity index (χ2v) is 20.5. The Balaban J connectivity index is 1.16. The van der Waals surface area contributed by atoms with Gasteiger partial charge < -0.3 is 65.3 Å². The molecule has 2 fully saturated rings. The highest BCUT2D eigenvalue weighted by atomic mass is 31.2. The van der Waals surface area contributed by atoms with Gasteiger partial charge in [0, 0.05) is 61.8 Å². The zero-order chi connectivity index (χ0) is 51.7. The van der Waals surface area contributed by atoms with Crippen molar-refractivity contribution < 1.29 is 87.3 Å². The molecule has 6 rings (SSSR count). The zero-order valence-electron chi connectivity index (χ0n) is 39.7. The van der Waals surface area contributed by atoms with Crippen LogP contribution < -0.4 is 20.7 Å². The van der Waals surface area contributed by atoms with Crippen molar-refractivity contribution in [3.05, 3.63) is 51.6 Å². The number of rotatable bonds is 18. The van der Waals surface area contributed by atoms with E-state index in [0.29, 0.717) is 6.42 Å². The third-order valence-corrected chi connectivity index (χ3v) is 14.0. The van der Waals surface area contributed by atoms with Crippen LogP contribution in [0.2, 0.25) is 0 Å². The first-order chi connectivity index (χ1) is 32.8. The molecule has 4 aliphatic rings. The number of aliphatic hydroxyl groups is 2. The molecular weight excluding hydrogens is 940 g/mol. The molecule has 2 aliphatic carbocycles. The fourth-order valence-corrected chi connectivity index (χ4v) is 10.2. The van der Waals surface area contributed by atoms with Gasteiger partial charge in [-0.3, -0.25) is 42.9 Å². The summed E-state index contributed by atoms with van der Waals surface area (Å²) in [5.74, 6) is -7.30.